The van der Waals surface area contributed by atoms with E-state index < -0.39 is 5.82 Å². The quantitative estimate of drug-likeness (QED) is 0.819. The van der Waals surface area contributed by atoms with Crippen LogP contribution in [0.3, 0.4) is 0 Å². The molecule has 1 saturated heterocycles. The van der Waals surface area contributed by atoms with Crippen molar-refractivity contribution in [1.82, 2.24) is 9.80 Å². The summed E-state index contributed by atoms with van der Waals surface area (Å²) in [6.45, 7) is 2.28. The van der Waals surface area contributed by atoms with Gasteiger partial charge in [0.2, 0.25) is 5.91 Å². The maximum absolute atomic E-state index is 14.0. The van der Waals surface area contributed by atoms with Crippen LogP contribution in [0.2, 0.25) is 0 Å². The van der Waals surface area contributed by atoms with Crippen molar-refractivity contribution >= 4 is 11.8 Å². The fourth-order valence-corrected chi connectivity index (χ4v) is 4.11. The Balaban J connectivity index is 1.45. The maximum atomic E-state index is 14.0. The number of benzene rings is 2. The molecule has 4 nitrogen and oxygen atoms in total. The summed E-state index contributed by atoms with van der Waals surface area (Å²) in [6, 6.07) is 14.3. The van der Waals surface area contributed by atoms with E-state index >= 15 is 0 Å². The highest BCUT2D eigenvalue weighted by atomic mass is 19.1. The first-order valence-corrected chi connectivity index (χ1v) is 9.53. The third-order valence-electron chi connectivity index (χ3n) is 5.60. The van der Waals surface area contributed by atoms with Gasteiger partial charge in [-0.1, -0.05) is 36.4 Å². The monoisotopic (exact) mass is 366 g/mol. The number of halogens is 1. The zero-order chi connectivity index (χ0) is 18.8. The lowest BCUT2D eigenvalue weighted by molar-refractivity contribution is -0.137. The fraction of sp³-hybridized carbons (Fsp3) is 0.364. The Morgan fingerprint density at radius 1 is 0.926 bits per heavy atom. The van der Waals surface area contributed by atoms with E-state index in [4.69, 9.17) is 0 Å². The fourth-order valence-electron chi connectivity index (χ4n) is 4.11. The summed E-state index contributed by atoms with van der Waals surface area (Å²) in [7, 11) is 0. The second-order valence-corrected chi connectivity index (χ2v) is 7.35. The molecule has 1 fully saturated rings. The van der Waals surface area contributed by atoms with Crippen molar-refractivity contribution in [1.29, 1.82) is 0 Å². The van der Waals surface area contributed by atoms with Gasteiger partial charge in [-0.2, -0.15) is 0 Å². The highest BCUT2D eigenvalue weighted by Crippen LogP contribution is 2.25. The third kappa shape index (κ3) is 3.59. The molecule has 0 unspecified atom stereocenters. The number of hydrogen-bond acceptors (Lipinski definition) is 2. The number of carbonyl (C=O) groups is 2. The minimum absolute atomic E-state index is 0.0810. The molecule has 2 aromatic carbocycles. The summed E-state index contributed by atoms with van der Waals surface area (Å²) in [5.41, 5.74) is 2.59. The number of carbonyl (C=O) groups excluding carboxylic acids is 2. The number of amides is 2. The summed E-state index contributed by atoms with van der Waals surface area (Å²) in [5, 5.41) is 0. The summed E-state index contributed by atoms with van der Waals surface area (Å²) in [4.78, 5) is 29.3. The molecule has 1 atom stereocenters. The first-order chi connectivity index (χ1) is 13.1. The van der Waals surface area contributed by atoms with Crippen LogP contribution >= 0.6 is 0 Å². The molecule has 0 saturated carbocycles. The van der Waals surface area contributed by atoms with E-state index in [1.54, 1.807) is 17.0 Å². The van der Waals surface area contributed by atoms with E-state index in [1.807, 2.05) is 17.0 Å². The van der Waals surface area contributed by atoms with Crippen molar-refractivity contribution in [2.75, 3.05) is 19.6 Å². The van der Waals surface area contributed by atoms with E-state index in [-0.39, 0.29) is 23.3 Å². The van der Waals surface area contributed by atoms with Crippen LogP contribution in [-0.2, 0) is 17.8 Å². The largest absolute Gasteiger partial charge is 0.338 e. The predicted octanol–water partition coefficient (Wildman–Crippen LogP) is 3.26. The van der Waals surface area contributed by atoms with E-state index in [9.17, 15) is 14.0 Å². The SMILES string of the molecule is O=C(c1ccccc1F)N1CCC[C@H](C(=O)N2CCc3ccccc3C2)C1. The first kappa shape index (κ1) is 17.7. The van der Waals surface area contributed by atoms with Crippen molar-refractivity contribution in [3.05, 3.63) is 71.0 Å². The number of hydrogen-bond donors (Lipinski definition) is 0. The van der Waals surface area contributed by atoms with E-state index in [1.165, 1.54) is 23.3 Å². The lowest BCUT2D eigenvalue weighted by Crippen LogP contribution is -2.48. The molecular weight excluding hydrogens is 343 g/mol. The highest BCUT2D eigenvalue weighted by molar-refractivity contribution is 5.95. The van der Waals surface area contributed by atoms with Crippen molar-refractivity contribution in [3.8, 4) is 0 Å². The maximum Gasteiger partial charge on any atom is 0.256 e. The van der Waals surface area contributed by atoms with Gasteiger partial charge in [-0.25, -0.2) is 4.39 Å². The highest BCUT2D eigenvalue weighted by Gasteiger charge is 2.33. The smallest absolute Gasteiger partial charge is 0.256 e. The van der Waals surface area contributed by atoms with Crippen LogP contribution in [0, 0.1) is 11.7 Å². The van der Waals surface area contributed by atoms with Gasteiger partial charge in [0.25, 0.3) is 5.91 Å². The van der Waals surface area contributed by atoms with Gasteiger partial charge in [0.05, 0.1) is 11.5 Å². The van der Waals surface area contributed by atoms with Gasteiger partial charge < -0.3 is 9.80 Å². The van der Waals surface area contributed by atoms with Crippen LogP contribution < -0.4 is 0 Å². The molecule has 2 amide bonds. The molecule has 2 aliphatic rings. The molecule has 0 spiro atoms. The molecule has 2 aliphatic heterocycles. The third-order valence-corrected chi connectivity index (χ3v) is 5.60. The summed E-state index contributed by atoms with van der Waals surface area (Å²) >= 11 is 0. The lowest BCUT2D eigenvalue weighted by atomic mass is 9.93. The molecule has 0 radical (unpaired) electrons. The second kappa shape index (κ2) is 7.51. The topological polar surface area (TPSA) is 40.6 Å². The molecular formula is C22H23FN2O2. The number of likely N-dealkylation sites (tertiary alicyclic amines) is 1. The summed E-state index contributed by atoms with van der Waals surface area (Å²) < 4.78 is 14.0. The first-order valence-electron chi connectivity index (χ1n) is 9.53. The van der Waals surface area contributed by atoms with Gasteiger partial charge >= 0.3 is 0 Å². The van der Waals surface area contributed by atoms with Gasteiger partial charge in [-0.3, -0.25) is 9.59 Å². The molecule has 5 heteroatoms. The lowest BCUT2D eigenvalue weighted by Gasteiger charge is -2.36. The van der Waals surface area contributed by atoms with Crippen LogP contribution in [-0.4, -0.2) is 41.2 Å². The minimum atomic E-state index is -0.511. The number of piperidine rings is 1. The van der Waals surface area contributed by atoms with E-state index in [2.05, 4.69) is 12.1 Å². The molecule has 0 N–H and O–H groups in total. The van der Waals surface area contributed by atoms with Crippen LogP contribution in [0.1, 0.15) is 34.3 Å². The minimum Gasteiger partial charge on any atom is -0.338 e. The van der Waals surface area contributed by atoms with Crippen molar-refractivity contribution in [2.45, 2.75) is 25.8 Å². The molecule has 0 aliphatic carbocycles. The van der Waals surface area contributed by atoms with Crippen molar-refractivity contribution in [2.24, 2.45) is 5.92 Å². The Kier molecular flexibility index (Phi) is 4.92. The Labute approximate surface area is 158 Å². The summed E-state index contributed by atoms with van der Waals surface area (Å²) in [5.74, 6) is -0.937. The van der Waals surface area contributed by atoms with E-state index in [0.29, 0.717) is 26.2 Å². The predicted molar refractivity (Wildman–Crippen MR) is 101 cm³/mol. The van der Waals surface area contributed by atoms with Crippen LogP contribution in [0.4, 0.5) is 4.39 Å². The van der Waals surface area contributed by atoms with Gasteiger partial charge in [0.15, 0.2) is 0 Å². The average molecular weight is 366 g/mol. The molecule has 2 heterocycles. The van der Waals surface area contributed by atoms with Gasteiger partial charge in [-0.05, 0) is 42.5 Å². The molecule has 2 aromatic rings. The van der Waals surface area contributed by atoms with Gasteiger partial charge in [-0.15, -0.1) is 0 Å². The number of rotatable bonds is 2. The average Bonchev–Trinajstić information content (AvgIpc) is 2.73. The zero-order valence-electron chi connectivity index (χ0n) is 15.2. The standard InChI is InChI=1S/C22H23FN2O2/c23-20-10-4-3-9-19(20)22(27)24-12-5-8-18(15-24)21(26)25-13-11-16-6-1-2-7-17(16)14-25/h1-4,6-7,9-10,18H,5,8,11-15H2/t18-/m0/s1. The normalized spacial score (nSPS) is 19.5. The molecule has 140 valence electrons. The van der Waals surface area contributed by atoms with Crippen LogP contribution in [0.5, 0.6) is 0 Å². The summed E-state index contributed by atoms with van der Waals surface area (Å²) in [6.07, 6.45) is 2.41. The van der Waals surface area contributed by atoms with E-state index in [0.717, 1.165) is 19.3 Å². The molecule has 0 aromatic heterocycles. The Morgan fingerprint density at radius 2 is 1.67 bits per heavy atom. The molecule has 27 heavy (non-hydrogen) atoms. The van der Waals surface area contributed by atoms with Gasteiger partial charge in [0.1, 0.15) is 5.82 Å². The van der Waals surface area contributed by atoms with Crippen LogP contribution in [0.15, 0.2) is 48.5 Å². The number of fused-ring (bicyclic) bond motifs is 1. The van der Waals surface area contributed by atoms with Crippen LogP contribution in [0.25, 0.3) is 0 Å². The zero-order valence-corrected chi connectivity index (χ0v) is 15.2. The second-order valence-electron chi connectivity index (χ2n) is 7.35. The number of nitrogens with zero attached hydrogens (tertiary/aromatic N) is 2. The van der Waals surface area contributed by atoms with Crippen molar-refractivity contribution < 1.29 is 14.0 Å². The molecule has 0 bridgehead atoms. The Morgan fingerprint density at radius 3 is 2.48 bits per heavy atom. The Bertz CT molecular complexity index is 867. The Hall–Kier alpha value is -2.69. The van der Waals surface area contributed by atoms with Crippen molar-refractivity contribution in [3.63, 3.8) is 0 Å². The molecule has 4 rings (SSSR count). The van der Waals surface area contributed by atoms with Gasteiger partial charge in [0, 0.05) is 26.2 Å².